The highest BCUT2D eigenvalue weighted by Crippen LogP contribution is 2.34. The van der Waals surface area contributed by atoms with Crippen LogP contribution in [-0.2, 0) is 4.79 Å². The van der Waals surface area contributed by atoms with Gasteiger partial charge in [-0.1, -0.05) is 25.7 Å². The molecular formula is C14H24N4O. The zero-order valence-electron chi connectivity index (χ0n) is 11.6. The van der Waals surface area contributed by atoms with Crippen molar-refractivity contribution >= 4 is 5.91 Å². The van der Waals surface area contributed by atoms with Gasteiger partial charge in [0.15, 0.2) is 0 Å². The van der Waals surface area contributed by atoms with E-state index >= 15 is 0 Å². The molecule has 0 radical (unpaired) electrons. The number of aromatic nitrogens is 2. The number of amides is 1. The molecule has 1 heterocycles. The van der Waals surface area contributed by atoms with E-state index in [0.717, 1.165) is 31.5 Å². The molecule has 19 heavy (non-hydrogen) atoms. The zero-order valence-corrected chi connectivity index (χ0v) is 11.6. The minimum Gasteiger partial charge on any atom is -0.347 e. The van der Waals surface area contributed by atoms with Crippen LogP contribution in [0.2, 0.25) is 0 Å². The maximum atomic E-state index is 12.6. The second-order valence-corrected chi connectivity index (χ2v) is 5.57. The standard InChI is InChI=1S/C14H24N4O/c1-11(12-16-8-9-17-12)18-13(19)14(10-15)6-4-2-3-5-7-14/h8-9,11H,2-7,10,15H2,1H3,(H,16,17)(H,18,19). The summed E-state index contributed by atoms with van der Waals surface area (Å²) in [5, 5.41) is 3.06. The van der Waals surface area contributed by atoms with Gasteiger partial charge in [-0.05, 0) is 19.8 Å². The summed E-state index contributed by atoms with van der Waals surface area (Å²) in [5.41, 5.74) is 5.54. The number of carbonyl (C=O) groups is 1. The summed E-state index contributed by atoms with van der Waals surface area (Å²) in [6.45, 7) is 2.38. The van der Waals surface area contributed by atoms with Gasteiger partial charge in [-0.15, -0.1) is 0 Å². The molecule has 1 aromatic heterocycles. The van der Waals surface area contributed by atoms with Crippen molar-refractivity contribution in [2.45, 2.75) is 51.5 Å². The number of nitrogens with two attached hydrogens (primary N) is 1. The van der Waals surface area contributed by atoms with Crippen molar-refractivity contribution in [3.8, 4) is 0 Å². The van der Waals surface area contributed by atoms with Gasteiger partial charge in [-0.3, -0.25) is 4.79 Å². The number of rotatable bonds is 4. The average Bonchev–Trinajstić information content (AvgIpc) is 2.84. The van der Waals surface area contributed by atoms with Crippen LogP contribution in [0, 0.1) is 5.41 Å². The number of hydrogen-bond donors (Lipinski definition) is 3. The summed E-state index contributed by atoms with van der Waals surface area (Å²) in [7, 11) is 0. The van der Waals surface area contributed by atoms with E-state index in [1.807, 2.05) is 6.92 Å². The van der Waals surface area contributed by atoms with Crippen LogP contribution in [0.1, 0.15) is 57.3 Å². The lowest BCUT2D eigenvalue weighted by atomic mass is 9.79. The lowest BCUT2D eigenvalue weighted by Crippen LogP contribution is -2.46. The molecule has 1 fully saturated rings. The first-order valence-corrected chi connectivity index (χ1v) is 7.18. The Kier molecular flexibility index (Phi) is 4.58. The van der Waals surface area contributed by atoms with Gasteiger partial charge in [0, 0.05) is 18.9 Å². The predicted molar refractivity (Wildman–Crippen MR) is 74.3 cm³/mol. The lowest BCUT2D eigenvalue weighted by Gasteiger charge is -2.31. The molecule has 1 aromatic rings. The van der Waals surface area contributed by atoms with Crippen molar-refractivity contribution < 1.29 is 4.79 Å². The molecule has 106 valence electrons. The summed E-state index contributed by atoms with van der Waals surface area (Å²) in [5.74, 6) is 0.870. The average molecular weight is 264 g/mol. The molecule has 4 N–H and O–H groups in total. The first kappa shape index (κ1) is 14.1. The van der Waals surface area contributed by atoms with Crippen LogP contribution in [0.3, 0.4) is 0 Å². The van der Waals surface area contributed by atoms with E-state index in [2.05, 4.69) is 15.3 Å². The Bertz CT molecular complexity index is 394. The molecule has 1 saturated carbocycles. The SMILES string of the molecule is CC(NC(=O)C1(CN)CCCCCC1)c1ncc[nH]1. The number of imidazole rings is 1. The van der Waals surface area contributed by atoms with E-state index in [4.69, 9.17) is 5.73 Å². The molecule has 1 amide bonds. The monoisotopic (exact) mass is 264 g/mol. The molecule has 0 aliphatic heterocycles. The first-order valence-electron chi connectivity index (χ1n) is 7.18. The van der Waals surface area contributed by atoms with Gasteiger partial charge in [0.2, 0.25) is 5.91 Å². The van der Waals surface area contributed by atoms with Gasteiger partial charge in [0.1, 0.15) is 5.82 Å². The number of nitrogens with zero attached hydrogens (tertiary/aromatic N) is 1. The molecule has 1 aliphatic rings. The third kappa shape index (κ3) is 3.15. The molecule has 0 spiro atoms. The van der Waals surface area contributed by atoms with Crippen LogP contribution in [0.4, 0.5) is 0 Å². The Labute approximate surface area is 114 Å². The highest BCUT2D eigenvalue weighted by molar-refractivity contribution is 5.83. The molecule has 5 nitrogen and oxygen atoms in total. The predicted octanol–water partition coefficient (Wildman–Crippen LogP) is 1.89. The zero-order chi connectivity index (χ0) is 13.7. The van der Waals surface area contributed by atoms with Gasteiger partial charge in [-0.2, -0.15) is 0 Å². The van der Waals surface area contributed by atoms with Crippen molar-refractivity contribution in [1.82, 2.24) is 15.3 Å². The number of H-pyrrole nitrogens is 1. The maximum absolute atomic E-state index is 12.6. The van der Waals surface area contributed by atoms with E-state index in [1.54, 1.807) is 12.4 Å². The second kappa shape index (κ2) is 6.19. The fourth-order valence-corrected chi connectivity index (χ4v) is 2.86. The van der Waals surface area contributed by atoms with E-state index < -0.39 is 0 Å². The molecule has 0 aromatic carbocycles. The Morgan fingerprint density at radius 3 is 2.68 bits per heavy atom. The third-order valence-corrected chi connectivity index (χ3v) is 4.21. The largest absolute Gasteiger partial charge is 0.347 e. The van der Waals surface area contributed by atoms with Crippen LogP contribution >= 0.6 is 0 Å². The molecule has 1 atom stereocenters. The Morgan fingerprint density at radius 2 is 2.16 bits per heavy atom. The first-order chi connectivity index (χ1) is 9.18. The summed E-state index contributed by atoms with van der Waals surface area (Å²) in [6, 6.07) is -0.103. The lowest BCUT2D eigenvalue weighted by molar-refractivity contribution is -0.132. The van der Waals surface area contributed by atoms with Crippen LogP contribution in [0.5, 0.6) is 0 Å². The van der Waals surface area contributed by atoms with Crippen LogP contribution < -0.4 is 11.1 Å². The number of hydrogen-bond acceptors (Lipinski definition) is 3. The topological polar surface area (TPSA) is 83.8 Å². The summed E-state index contributed by atoms with van der Waals surface area (Å²) < 4.78 is 0. The highest BCUT2D eigenvalue weighted by atomic mass is 16.2. The van der Waals surface area contributed by atoms with E-state index in [0.29, 0.717) is 6.54 Å². The van der Waals surface area contributed by atoms with Crippen molar-refractivity contribution in [3.05, 3.63) is 18.2 Å². The fourth-order valence-electron chi connectivity index (χ4n) is 2.86. The van der Waals surface area contributed by atoms with E-state index in [1.165, 1.54) is 12.8 Å². The Morgan fingerprint density at radius 1 is 1.47 bits per heavy atom. The molecular weight excluding hydrogens is 240 g/mol. The minimum atomic E-state index is -0.378. The molecule has 5 heteroatoms. The summed E-state index contributed by atoms with van der Waals surface area (Å²) >= 11 is 0. The smallest absolute Gasteiger partial charge is 0.228 e. The van der Waals surface area contributed by atoms with Crippen molar-refractivity contribution in [1.29, 1.82) is 0 Å². The van der Waals surface area contributed by atoms with Gasteiger partial charge < -0.3 is 16.0 Å². The Balaban J connectivity index is 2.03. The molecule has 1 aliphatic carbocycles. The summed E-state index contributed by atoms with van der Waals surface area (Å²) in [4.78, 5) is 19.8. The third-order valence-electron chi connectivity index (χ3n) is 4.21. The number of aromatic amines is 1. The van der Waals surface area contributed by atoms with E-state index in [-0.39, 0.29) is 17.4 Å². The van der Waals surface area contributed by atoms with Gasteiger partial charge in [0.25, 0.3) is 0 Å². The van der Waals surface area contributed by atoms with Gasteiger partial charge in [-0.25, -0.2) is 4.98 Å². The maximum Gasteiger partial charge on any atom is 0.228 e. The second-order valence-electron chi connectivity index (χ2n) is 5.57. The van der Waals surface area contributed by atoms with E-state index in [9.17, 15) is 4.79 Å². The molecule has 1 unspecified atom stereocenters. The summed E-state index contributed by atoms with van der Waals surface area (Å²) in [6.07, 6.45) is 9.89. The normalized spacial score (nSPS) is 20.5. The van der Waals surface area contributed by atoms with Crippen LogP contribution in [0.15, 0.2) is 12.4 Å². The van der Waals surface area contributed by atoms with Crippen molar-refractivity contribution in [3.63, 3.8) is 0 Å². The molecule has 0 saturated heterocycles. The quantitative estimate of drug-likeness (QED) is 0.726. The van der Waals surface area contributed by atoms with Gasteiger partial charge in [0.05, 0.1) is 11.5 Å². The fraction of sp³-hybridized carbons (Fsp3) is 0.714. The number of nitrogens with one attached hydrogen (secondary N) is 2. The Hall–Kier alpha value is -1.36. The highest BCUT2D eigenvalue weighted by Gasteiger charge is 2.37. The molecule has 2 rings (SSSR count). The number of carbonyl (C=O) groups excluding carboxylic acids is 1. The van der Waals surface area contributed by atoms with Crippen LogP contribution in [0.25, 0.3) is 0 Å². The molecule has 0 bridgehead atoms. The van der Waals surface area contributed by atoms with Crippen molar-refractivity contribution in [2.24, 2.45) is 11.1 Å². The van der Waals surface area contributed by atoms with Gasteiger partial charge >= 0.3 is 0 Å². The van der Waals surface area contributed by atoms with Crippen molar-refractivity contribution in [2.75, 3.05) is 6.54 Å². The van der Waals surface area contributed by atoms with Crippen LogP contribution in [-0.4, -0.2) is 22.4 Å². The minimum absolute atomic E-state index is 0.0841.